The SMILES string of the molecule is CC(C)(C)C1CCc2c(sc3nnn(CC(=O)Nc4sc5c(c4C#N)CCC5)c(=O)c23)C1. The van der Waals surface area contributed by atoms with Crippen molar-refractivity contribution in [1.82, 2.24) is 15.0 Å². The molecule has 2 aliphatic carbocycles. The highest BCUT2D eigenvalue weighted by molar-refractivity contribution is 7.18. The van der Waals surface area contributed by atoms with Crippen LogP contribution in [-0.4, -0.2) is 20.9 Å². The Morgan fingerprint density at radius 2 is 2.03 bits per heavy atom. The van der Waals surface area contributed by atoms with Gasteiger partial charge in [-0.3, -0.25) is 9.59 Å². The second-order valence-electron chi connectivity index (χ2n) is 9.76. The fraction of sp³-hybridized carbons (Fsp3) is 0.522. The van der Waals surface area contributed by atoms with Crippen molar-refractivity contribution in [2.75, 3.05) is 5.32 Å². The number of hydrogen-bond acceptors (Lipinski definition) is 7. The van der Waals surface area contributed by atoms with Gasteiger partial charge in [-0.15, -0.1) is 27.8 Å². The Kier molecular flexibility index (Phi) is 5.18. The topological polar surface area (TPSA) is 101 Å². The molecule has 166 valence electrons. The number of fused-ring (bicyclic) bond motifs is 4. The van der Waals surface area contributed by atoms with Gasteiger partial charge in [0.2, 0.25) is 5.91 Å². The molecule has 1 N–H and O–H groups in total. The average Bonchev–Trinajstić information content (AvgIpc) is 3.41. The van der Waals surface area contributed by atoms with Gasteiger partial charge < -0.3 is 5.32 Å². The molecule has 3 aromatic rings. The molecule has 0 radical (unpaired) electrons. The molecule has 0 saturated heterocycles. The van der Waals surface area contributed by atoms with Crippen LogP contribution in [0.1, 0.15) is 60.1 Å². The number of nitrogens with one attached hydrogen (secondary N) is 1. The van der Waals surface area contributed by atoms with Crippen LogP contribution >= 0.6 is 22.7 Å². The lowest BCUT2D eigenvalue weighted by molar-refractivity contribution is -0.117. The number of hydrogen-bond donors (Lipinski definition) is 1. The van der Waals surface area contributed by atoms with Gasteiger partial charge in [0.15, 0.2) is 4.83 Å². The van der Waals surface area contributed by atoms with Gasteiger partial charge in [0, 0.05) is 9.75 Å². The van der Waals surface area contributed by atoms with E-state index in [9.17, 15) is 14.9 Å². The largest absolute Gasteiger partial charge is 0.315 e. The summed E-state index contributed by atoms with van der Waals surface area (Å²) in [6.45, 7) is 6.58. The number of thiophene rings is 2. The fourth-order valence-corrected chi connectivity index (χ4v) is 7.37. The summed E-state index contributed by atoms with van der Waals surface area (Å²) < 4.78 is 1.15. The van der Waals surface area contributed by atoms with Crippen molar-refractivity contribution >= 4 is 43.8 Å². The first-order chi connectivity index (χ1) is 15.3. The van der Waals surface area contributed by atoms with Crippen LogP contribution in [0.4, 0.5) is 5.00 Å². The van der Waals surface area contributed by atoms with Crippen molar-refractivity contribution in [3.8, 4) is 6.07 Å². The zero-order valence-corrected chi connectivity index (χ0v) is 20.1. The normalized spacial score (nSPS) is 17.8. The minimum atomic E-state index is -0.367. The van der Waals surface area contributed by atoms with Crippen LogP contribution in [0.15, 0.2) is 4.79 Å². The highest BCUT2D eigenvalue weighted by Crippen LogP contribution is 2.42. The molecule has 0 fully saturated rings. The van der Waals surface area contributed by atoms with Crippen molar-refractivity contribution in [2.45, 2.75) is 65.8 Å². The van der Waals surface area contributed by atoms with Gasteiger partial charge in [0.05, 0.1) is 10.9 Å². The lowest BCUT2D eigenvalue weighted by Gasteiger charge is -2.33. The van der Waals surface area contributed by atoms with E-state index in [-0.39, 0.29) is 23.4 Å². The molecular formula is C23H25N5O2S2. The zero-order chi connectivity index (χ0) is 22.6. The van der Waals surface area contributed by atoms with Crippen molar-refractivity contribution < 1.29 is 4.79 Å². The van der Waals surface area contributed by atoms with Crippen molar-refractivity contribution in [2.24, 2.45) is 11.3 Å². The van der Waals surface area contributed by atoms with E-state index in [0.717, 1.165) is 54.3 Å². The van der Waals surface area contributed by atoms with E-state index in [4.69, 9.17) is 0 Å². The van der Waals surface area contributed by atoms with Gasteiger partial charge in [-0.2, -0.15) is 5.26 Å². The summed E-state index contributed by atoms with van der Waals surface area (Å²) >= 11 is 3.02. The Bertz CT molecular complexity index is 1340. The summed E-state index contributed by atoms with van der Waals surface area (Å²) in [5.41, 5.74) is 2.67. The zero-order valence-electron chi connectivity index (χ0n) is 18.4. The number of aromatic nitrogens is 3. The van der Waals surface area contributed by atoms with Crippen LogP contribution in [0.3, 0.4) is 0 Å². The summed E-state index contributed by atoms with van der Waals surface area (Å²) in [6, 6.07) is 2.23. The van der Waals surface area contributed by atoms with Crippen molar-refractivity contribution in [3.63, 3.8) is 0 Å². The van der Waals surface area contributed by atoms with Crippen molar-refractivity contribution in [3.05, 3.63) is 36.8 Å². The third kappa shape index (κ3) is 3.55. The molecule has 0 aromatic carbocycles. The van der Waals surface area contributed by atoms with E-state index in [2.05, 4.69) is 42.5 Å². The van der Waals surface area contributed by atoms with E-state index >= 15 is 0 Å². The predicted molar refractivity (Wildman–Crippen MR) is 126 cm³/mol. The second kappa shape index (κ2) is 7.78. The third-order valence-electron chi connectivity index (χ3n) is 6.74. The maximum Gasteiger partial charge on any atom is 0.279 e. The summed E-state index contributed by atoms with van der Waals surface area (Å²) in [6.07, 6.45) is 5.74. The number of rotatable bonds is 3. The monoisotopic (exact) mass is 467 g/mol. The van der Waals surface area contributed by atoms with Gasteiger partial charge in [-0.05, 0) is 61.0 Å². The van der Waals surface area contributed by atoms with Crippen LogP contribution in [0.2, 0.25) is 0 Å². The lowest BCUT2D eigenvalue weighted by Crippen LogP contribution is -2.31. The first-order valence-electron chi connectivity index (χ1n) is 11.0. The molecule has 3 aromatic heterocycles. The van der Waals surface area contributed by atoms with E-state index in [1.54, 1.807) is 11.3 Å². The molecule has 0 saturated carbocycles. The maximum absolute atomic E-state index is 13.2. The minimum absolute atomic E-state index is 0.218. The molecule has 0 bridgehead atoms. The van der Waals surface area contributed by atoms with Gasteiger partial charge in [0.25, 0.3) is 5.56 Å². The molecular weight excluding hydrogens is 442 g/mol. The molecule has 5 rings (SSSR count). The van der Waals surface area contributed by atoms with Gasteiger partial charge in [0.1, 0.15) is 17.6 Å². The first kappa shape index (κ1) is 21.3. The third-order valence-corrected chi connectivity index (χ3v) is 9.09. The van der Waals surface area contributed by atoms with Gasteiger partial charge in [-0.1, -0.05) is 26.0 Å². The molecule has 0 aliphatic heterocycles. The summed E-state index contributed by atoms with van der Waals surface area (Å²) in [7, 11) is 0. The number of nitrogens with zero attached hydrogens (tertiary/aromatic N) is 4. The van der Waals surface area contributed by atoms with Crippen LogP contribution in [-0.2, 0) is 37.0 Å². The Morgan fingerprint density at radius 3 is 2.78 bits per heavy atom. The quantitative estimate of drug-likeness (QED) is 0.626. The van der Waals surface area contributed by atoms with Crippen LogP contribution in [0.25, 0.3) is 10.2 Å². The maximum atomic E-state index is 13.2. The van der Waals surface area contributed by atoms with E-state index in [1.165, 1.54) is 21.1 Å². The number of anilines is 1. The minimum Gasteiger partial charge on any atom is -0.315 e. The number of carbonyl (C=O) groups is 1. The van der Waals surface area contributed by atoms with E-state index in [0.29, 0.717) is 26.7 Å². The number of carbonyl (C=O) groups excluding carboxylic acids is 1. The fourth-order valence-electron chi connectivity index (χ4n) is 4.88. The van der Waals surface area contributed by atoms with Crippen LogP contribution in [0, 0.1) is 22.7 Å². The molecule has 0 spiro atoms. The summed E-state index contributed by atoms with van der Waals surface area (Å²) in [5, 5.41) is 21.8. The summed E-state index contributed by atoms with van der Waals surface area (Å²) in [4.78, 5) is 29.0. The Labute approximate surface area is 194 Å². The molecule has 9 heteroatoms. The molecule has 1 amide bonds. The standard InChI is InChI=1S/C23H25N5O2S2/c1-23(2,3)12-7-8-14-17(9-12)32-21-19(14)22(30)28(27-26-21)11-18(29)25-20-15(10-24)13-5-4-6-16(13)31-20/h12H,4-9,11H2,1-3H3,(H,25,29). The van der Waals surface area contributed by atoms with Crippen molar-refractivity contribution in [1.29, 1.82) is 5.26 Å². The highest BCUT2D eigenvalue weighted by Gasteiger charge is 2.32. The average molecular weight is 468 g/mol. The molecule has 3 heterocycles. The predicted octanol–water partition coefficient (Wildman–Crippen LogP) is 4.06. The Balaban J connectivity index is 1.40. The molecule has 1 unspecified atom stereocenters. The Morgan fingerprint density at radius 1 is 1.22 bits per heavy atom. The van der Waals surface area contributed by atoms with E-state index in [1.807, 2.05) is 0 Å². The molecule has 7 nitrogen and oxygen atoms in total. The molecule has 2 aliphatic rings. The number of amides is 1. The summed E-state index contributed by atoms with van der Waals surface area (Å²) in [5.74, 6) is 0.208. The van der Waals surface area contributed by atoms with Gasteiger partial charge in [-0.25, -0.2) is 4.68 Å². The molecule has 32 heavy (non-hydrogen) atoms. The van der Waals surface area contributed by atoms with Crippen LogP contribution in [0.5, 0.6) is 0 Å². The van der Waals surface area contributed by atoms with Gasteiger partial charge >= 0.3 is 0 Å². The lowest BCUT2D eigenvalue weighted by atomic mass is 9.72. The number of aryl methyl sites for hydroxylation is 2. The smallest absolute Gasteiger partial charge is 0.279 e. The second-order valence-corrected chi connectivity index (χ2v) is 12.0. The van der Waals surface area contributed by atoms with Crippen LogP contribution < -0.4 is 10.9 Å². The highest BCUT2D eigenvalue weighted by atomic mass is 32.1. The number of nitriles is 1. The Hall–Kier alpha value is -2.57. The molecule has 1 atom stereocenters. The van der Waals surface area contributed by atoms with E-state index < -0.39 is 0 Å². The first-order valence-corrected chi connectivity index (χ1v) is 12.6.